The molecule has 0 aromatic heterocycles. The lowest BCUT2D eigenvalue weighted by molar-refractivity contribution is -0.153. The average Bonchev–Trinajstić information content (AvgIpc) is 3.15. The molecule has 2 aliphatic carbocycles. The van der Waals surface area contributed by atoms with E-state index in [0.717, 1.165) is 37.6 Å². The largest absolute Gasteiger partial charge is 0.300 e. The molecule has 0 unspecified atom stereocenters. The van der Waals surface area contributed by atoms with Gasteiger partial charge in [-0.2, -0.15) is 0 Å². The van der Waals surface area contributed by atoms with E-state index in [9.17, 15) is 9.59 Å². The third-order valence-corrected chi connectivity index (χ3v) is 8.30. The van der Waals surface area contributed by atoms with E-state index in [-0.39, 0.29) is 17.2 Å². The Morgan fingerprint density at radius 3 is 2.07 bits per heavy atom. The highest BCUT2D eigenvalue weighted by atomic mass is 16.2. The number of nitrogens with zero attached hydrogens (tertiary/aromatic N) is 2. The van der Waals surface area contributed by atoms with E-state index in [0.29, 0.717) is 19.4 Å². The van der Waals surface area contributed by atoms with Crippen LogP contribution in [0.1, 0.15) is 103 Å². The summed E-state index contributed by atoms with van der Waals surface area (Å²) >= 11 is 0. The highest BCUT2D eigenvalue weighted by Crippen LogP contribution is 2.46. The van der Waals surface area contributed by atoms with Crippen molar-refractivity contribution in [1.29, 1.82) is 0 Å². The van der Waals surface area contributed by atoms with Crippen molar-refractivity contribution in [3.8, 4) is 0 Å². The zero-order chi connectivity index (χ0) is 19.4. The summed E-state index contributed by atoms with van der Waals surface area (Å²) in [6, 6.07) is 0.869. The van der Waals surface area contributed by atoms with Gasteiger partial charge in [0.25, 0.3) is 0 Å². The number of piperidine rings is 2. The molecule has 0 bridgehead atoms. The average molecular weight is 389 g/mol. The zero-order valence-electron chi connectivity index (χ0n) is 17.8. The summed E-state index contributed by atoms with van der Waals surface area (Å²) in [5.41, 5.74) is 0.0387. The van der Waals surface area contributed by atoms with E-state index in [1.165, 1.54) is 77.3 Å². The van der Waals surface area contributed by atoms with Crippen LogP contribution < -0.4 is 0 Å². The molecule has 0 N–H and O–H groups in total. The summed E-state index contributed by atoms with van der Waals surface area (Å²) in [7, 11) is 0. The van der Waals surface area contributed by atoms with Gasteiger partial charge in [-0.3, -0.25) is 14.5 Å². The number of carbonyl (C=O) groups is 2. The molecular formula is C24H40N2O2. The van der Waals surface area contributed by atoms with Crippen molar-refractivity contribution in [2.24, 2.45) is 11.3 Å². The van der Waals surface area contributed by atoms with Gasteiger partial charge in [-0.25, -0.2) is 0 Å². The Labute approximate surface area is 171 Å². The Balaban J connectivity index is 1.13. The molecule has 158 valence electrons. The van der Waals surface area contributed by atoms with Crippen molar-refractivity contribution in [1.82, 2.24) is 9.80 Å². The Bertz CT molecular complexity index is 521. The maximum atomic E-state index is 12.5. The molecule has 4 heteroatoms. The second kappa shape index (κ2) is 9.28. The summed E-state index contributed by atoms with van der Waals surface area (Å²) in [6.07, 6.45) is 19.1. The lowest BCUT2D eigenvalue weighted by atomic mass is 9.76. The molecule has 2 amide bonds. The standard InChI is InChI=1S/C24H40N2O2/c27-22-18-24(13-5-6-14-24)19-23(28)26(22)15-7-4-8-20-11-16-25(17-12-20)21-9-2-1-3-10-21/h20-21H,1-19H2. The van der Waals surface area contributed by atoms with Gasteiger partial charge in [0.1, 0.15) is 0 Å². The predicted molar refractivity (Wildman–Crippen MR) is 112 cm³/mol. The van der Waals surface area contributed by atoms with E-state index < -0.39 is 0 Å². The van der Waals surface area contributed by atoms with Crippen molar-refractivity contribution >= 4 is 11.8 Å². The van der Waals surface area contributed by atoms with Crippen LogP contribution in [-0.4, -0.2) is 47.3 Å². The molecule has 2 saturated heterocycles. The SMILES string of the molecule is O=C1CC2(CCCC2)CC(=O)N1CCCCC1CCN(C2CCCCC2)CC1. The van der Waals surface area contributed by atoms with E-state index >= 15 is 0 Å². The third-order valence-electron chi connectivity index (χ3n) is 8.30. The second-order valence-corrected chi connectivity index (χ2v) is 10.3. The topological polar surface area (TPSA) is 40.6 Å². The van der Waals surface area contributed by atoms with Gasteiger partial charge >= 0.3 is 0 Å². The molecular weight excluding hydrogens is 348 g/mol. The fraction of sp³-hybridized carbons (Fsp3) is 0.917. The maximum Gasteiger partial charge on any atom is 0.229 e. The number of hydrogen-bond donors (Lipinski definition) is 0. The first-order chi connectivity index (χ1) is 13.7. The van der Waals surface area contributed by atoms with Crippen LogP contribution in [0.2, 0.25) is 0 Å². The lowest BCUT2D eigenvalue weighted by Crippen LogP contribution is -2.47. The zero-order valence-corrected chi connectivity index (χ0v) is 17.8. The molecule has 28 heavy (non-hydrogen) atoms. The molecule has 1 spiro atoms. The summed E-state index contributed by atoms with van der Waals surface area (Å²) in [5.74, 6) is 1.08. The van der Waals surface area contributed by atoms with Crippen LogP contribution in [0.4, 0.5) is 0 Å². The van der Waals surface area contributed by atoms with Crippen LogP contribution in [0, 0.1) is 11.3 Å². The van der Waals surface area contributed by atoms with Crippen molar-refractivity contribution < 1.29 is 9.59 Å². The first-order valence-electron chi connectivity index (χ1n) is 12.2. The van der Waals surface area contributed by atoms with E-state index in [2.05, 4.69) is 4.90 Å². The molecule has 4 fully saturated rings. The van der Waals surface area contributed by atoms with Crippen LogP contribution in [0.5, 0.6) is 0 Å². The summed E-state index contributed by atoms with van der Waals surface area (Å²) in [6.45, 7) is 3.25. The minimum Gasteiger partial charge on any atom is -0.300 e. The van der Waals surface area contributed by atoms with Gasteiger partial charge < -0.3 is 4.90 Å². The van der Waals surface area contributed by atoms with Crippen LogP contribution in [0.15, 0.2) is 0 Å². The molecule has 0 aromatic carbocycles. The van der Waals surface area contributed by atoms with Crippen molar-refractivity contribution in [3.05, 3.63) is 0 Å². The predicted octanol–water partition coefficient (Wildman–Crippen LogP) is 4.91. The number of amides is 2. The highest BCUT2D eigenvalue weighted by molar-refractivity contribution is 5.98. The first-order valence-corrected chi connectivity index (χ1v) is 12.2. The molecule has 2 aliphatic heterocycles. The molecule has 0 atom stereocenters. The fourth-order valence-corrected chi connectivity index (χ4v) is 6.52. The minimum atomic E-state index is 0.0387. The third kappa shape index (κ3) is 4.80. The van der Waals surface area contributed by atoms with Gasteiger partial charge in [0.05, 0.1) is 0 Å². The van der Waals surface area contributed by atoms with Crippen molar-refractivity contribution in [2.45, 2.75) is 109 Å². The molecule has 4 rings (SSSR count). The van der Waals surface area contributed by atoms with Gasteiger partial charge in [0.2, 0.25) is 11.8 Å². The minimum absolute atomic E-state index is 0.0387. The van der Waals surface area contributed by atoms with E-state index in [1.807, 2.05) is 0 Å². The fourth-order valence-electron chi connectivity index (χ4n) is 6.52. The van der Waals surface area contributed by atoms with E-state index in [1.54, 1.807) is 4.90 Å². The molecule has 0 aromatic rings. The normalized spacial score (nSPS) is 27.8. The summed E-state index contributed by atoms with van der Waals surface area (Å²) in [5, 5.41) is 0. The Kier molecular flexibility index (Phi) is 6.75. The van der Waals surface area contributed by atoms with Gasteiger partial charge in [-0.05, 0) is 69.4 Å². The van der Waals surface area contributed by atoms with Crippen molar-refractivity contribution in [2.75, 3.05) is 19.6 Å². The number of hydrogen-bond acceptors (Lipinski definition) is 3. The van der Waals surface area contributed by atoms with Gasteiger partial charge in [0, 0.05) is 25.4 Å². The smallest absolute Gasteiger partial charge is 0.229 e. The Morgan fingerprint density at radius 2 is 1.43 bits per heavy atom. The van der Waals surface area contributed by atoms with Crippen LogP contribution in [-0.2, 0) is 9.59 Å². The second-order valence-electron chi connectivity index (χ2n) is 10.3. The maximum absolute atomic E-state index is 12.5. The molecule has 2 saturated carbocycles. The monoisotopic (exact) mass is 388 g/mol. The Hall–Kier alpha value is -0.900. The van der Waals surface area contributed by atoms with Crippen LogP contribution in [0.3, 0.4) is 0 Å². The first kappa shape index (κ1) is 20.4. The van der Waals surface area contributed by atoms with E-state index in [4.69, 9.17) is 0 Å². The highest BCUT2D eigenvalue weighted by Gasteiger charge is 2.44. The Morgan fingerprint density at radius 1 is 0.786 bits per heavy atom. The molecule has 4 nitrogen and oxygen atoms in total. The summed E-state index contributed by atoms with van der Waals surface area (Å²) < 4.78 is 0. The van der Waals surface area contributed by atoms with Crippen LogP contribution >= 0.6 is 0 Å². The molecule has 2 heterocycles. The lowest BCUT2D eigenvalue weighted by Gasteiger charge is -2.39. The quantitative estimate of drug-likeness (QED) is 0.479. The molecule has 4 aliphatic rings. The van der Waals surface area contributed by atoms with Crippen LogP contribution in [0.25, 0.3) is 0 Å². The number of unbranched alkanes of at least 4 members (excludes halogenated alkanes) is 1. The van der Waals surface area contributed by atoms with Gasteiger partial charge in [-0.1, -0.05) is 44.9 Å². The molecule has 0 radical (unpaired) electrons. The van der Waals surface area contributed by atoms with Crippen molar-refractivity contribution in [3.63, 3.8) is 0 Å². The van der Waals surface area contributed by atoms with Gasteiger partial charge in [-0.15, -0.1) is 0 Å². The number of carbonyl (C=O) groups excluding carboxylic acids is 2. The number of imide groups is 1. The number of rotatable bonds is 6. The van der Waals surface area contributed by atoms with Gasteiger partial charge in [0.15, 0.2) is 0 Å². The summed E-state index contributed by atoms with van der Waals surface area (Å²) in [4.78, 5) is 29.5. The number of likely N-dealkylation sites (tertiary alicyclic amines) is 2.